The second-order valence-electron chi connectivity index (χ2n) is 3.13. The minimum Gasteiger partial charge on any atom is -0.481 e. The van der Waals surface area contributed by atoms with Crippen molar-refractivity contribution in [2.24, 2.45) is 0 Å². The van der Waals surface area contributed by atoms with Crippen LogP contribution in [0.5, 0.6) is 5.88 Å². The molecule has 0 aliphatic heterocycles. The summed E-state index contributed by atoms with van der Waals surface area (Å²) < 4.78 is 5.03. The highest BCUT2D eigenvalue weighted by atomic mass is 16.5. The van der Waals surface area contributed by atoms with E-state index in [4.69, 9.17) is 10.00 Å². The van der Waals surface area contributed by atoms with Crippen LogP contribution in [0.2, 0.25) is 0 Å². The highest BCUT2D eigenvalue weighted by Gasteiger charge is 2.06. The van der Waals surface area contributed by atoms with Gasteiger partial charge in [-0.25, -0.2) is 4.98 Å². The van der Waals surface area contributed by atoms with Gasteiger partial charge in [0.1, 0.15) is 6.07 Å². The summed E-state index contributed by atoms with van der Waals surface area (Å²) in [6.07, 6.45) is 1.56. The fourth-order valence-corrected chi connectivity index (χ4v) is 1.40. The highest BCUT2D eigenvalue weighted by molar-refractivity contribution is 5.79. The van der Waals surface area contributed by atoms with Gasteiger partial charge in [0, 0.05) is 12.3 Å². The third-order valence-electron chi connectivity index (χ3n) is 2.27. The first-order chi connectivity index (χ1) is 7.26. The van der Waals surface area contributed by atoms with E-state index in [-0.39, 0.29) is 0 Å². The molecule has 2 aromatic rings. The van der Waals surface area contributed by atoms with Crippen LogP contribution in [0.1, 0.15) is 11.1 Å². The molecule has 0 aliphatic carbocycles. The third kappa shape index (κ3) is 1.48. The Hall–Kier alpha value is -2.15. The quantitative estimate of drug-likeness (QED) is 0.702. The van der Waals surface area contributed by atoms with Crippen LogP contribution in [-0.2, 0) is 0 Å². The van der Waals surface area contributed by atoms with E-state index >= 15 is 0 Å². The molecule has 0 fully saturated rings. The molecule has 0 aromatic carbocycles. The monoisotopic (exact) mass is 199 g/mol. The molecule has 0 saturated heterocycles. The number of hydrogen-bond donors (Lipinski definition) is 0. The first-order valence-corrected chi connectivity index (χ1v) is 4.46. The van der Waals surface area contributed by atoms with Gasteiger partial charge in [-0.05, 0) is 18.6 Å². The maximum atomic E-state index is 8.86. The van der Waals surface area contributed by atoms with Crippen molar-refractivity contribution >= 4 is 11.0 Å². The number of fused-ring (bicyclic) bond motifs is 1. The lowest BCUT2D eigenvalue weighted by Gasteiger charge is -2.04. The first-order valence-electron chi connectivity index (χ1n) is 4.46. The Balaban J connectivity index is 2.79. The number of ether oxygens (including phenoxy) is 1. The largest absolute Gasteiger partial charge is 0.481 e. The molecule has 0 N–H and O–H groups in total. The molecule has 4 nitrogen and oxygen atoms in total. The maximum Gasteiger partial charge on any atom is 0.213 e. The van der Waals surface area contributed by atoms with Gasteiger partial charge in [-0.1, -0.05) is 0 Å². The predicted octanol–water partition coefficient (Wildman–Crippen LogP) is 1.82. The molecule has 0 atom stereocenters. The van der Waals surface area contributed by atoms with Gasteiger partial charge in [-0.2, -0.15) is 5.26 Å². The Labute approximate surface area is 87.2 Å². The summed E-state index contributed by atoms with van der Waals surface area (Å²) in [4.78, 5) is 8.41. The lowest BCUT2D eigenvalue weighted by atomic mass is 10.1. The normalized spacial score (nSPS) is 9.93. The van der Waals surface area contributed by atoms with E-state index in [1.807, 2.05) is 13.0 Å². The number of hydrogen-bond acceptors (Lipinski definition) is 4. The van der Waals surface area contributed by atoms with Gasteiger partial charge in [-0.3, -0.25) is 4.98 Å². The first kappa shape index (κ1) is 9.41. The number of nitriles is 1. The molecule has 2 heterocycles. The summed E-state index contributed by atoms with van der Waals surface area (Å²) in [7, 11) is 1.56. The molecular formula is C11H9N3O. The summed E-state index contributed by atoms with van der Waals surface area (Å²) in [5.74, 6) is 0.530. The minimum atomic E-state index is 0.530. The Morgan fingerprint density at radius 1 is 1.40 bits per heavy atom. The van der Waals surface area contributed by atoms with Crippen molar-refractivity contribution in [2.45, 2.75) is 6.92 Å². The van der Waals surface area contributed by atoms with Crippen LogP contribution >= 0.6 is 0 Å². The molecule has 0 spiro atoms. The van der Waals surface area contributed by atoms with Crippen molar-refractivity contribution in [2.75, 3.05) is 7.11 Å². The zero-order chi connectivity index (χ0) is 10.8. The van der Waals surface area contributed by atoms with Crippen LogP contribution in [0.25, 0.3) is 11.0 Å². The molecule has 0 bridgehead atoms. The van der Waals surface area contributed by atoms with Crippen molar-refractivity contribution in [1.82, 2.24) is 9.97 Å². The number of rotatable bonds is 1. The van der Waals surface area contributed by atoms with E-state index in [1.54, 1.807) is 19.4 Å². The average Bonchev–Trinajstić information content (AvgIpc) is 2.29. The van der Waals surface area contributed by atoms with Crippen LogP contribution in [0.4, 0.5) is 0 Å². The number of aromatic nitrogens is 2. The molecule has 2 rings (SSSR count). The van der Waals surface area contributed by atoms with Crippen LogP contribution < -0.4 is 4.74 Å². The van der Waals surface area contributed by atoms with Gasteiger partial charge < -0.3 is 4.74 Å². The van der Waals surface area contributed by atoms with E-state index in [1.165, 1.54) is 0 Å². The maximum absolute atomic E-state index is 8.86. The van der Waals surface area contributed by atoms with Crippen LogP contribution in [-0.4, -0.2) is 17.1 Å². The molecule has 0 unspecified atom stereocenters. The molecule has 2 aromatic heterocycles. The molecule has 15 heavy (non-hydrogen) atoms. The van der Waals surface area contributed by atoms with Gasteiger partial charge in [-0.15, -0.1) is 0 Å². The molecule has 4 heteroatoms. The van der Waals surface area contributed by atoms with Crippen molar-refractivity contribution in [3.8, 4) is 11.9 Å². The zero-order valence-corrected chi connectivity index (χ0v) is 8.48. The van der Waals surface area contributed by atoms with Gasteiger partial charge in [0.2, 0.25) is 5.88 Å². The van der Waals surface area contributed by atoms with Crippen molar-refractivity contribution in [3.63, 3.8) is 0 Å². The Kier molecular flexibility index (Phi) is 2.22. The highest BCUT2D eigenvalue weighted by Crippen LogP contribution is 2.19. The van der Waals surface area contributed by atoms with Crippen LogP contribution in [0, 0.1) is 18.3 Å². The van der Waals surface area contributed by atoms with Crippen molar-refractivity contribution in [1.29, 1.82) is 5.26 Å². The second kappa shape index (κ2) is 3.54. The van der Waals surface area contributed by atoms with E-state index in [0.29, 0.717) is 17.0 Å². The Morgan fingerprint density at radius 2 is 2.20 bits per heavy atom. The Morgan fingerprint density at radius 3 is 2.87 bits per heavy atom. The van der Waals surface area contributed by atoms with E-state index in [9.17, 15) is 0 Å². The summed E-state index contributed by atoms with van der Waals surface area (Å²) in [6.45, 7) is 1.86. The number of methoxy groups -OCH3 is 1. The van der Waals surface area contributed by atoms with Gasteiger partial charge in [0.15, 0.2) is 0 Å². The molecule has 0 saturated carbocycles. The van der Waals surface area contributed by atoms with Crippen LogP contribution in [0.15, 0.2) is 18.3 Å². The van der Waals surface area contributed by atoms with Crippen molar-refractivity contribution in [3.05, 3.63) is 29.5 Å². The zero-order valence-electron chi connectivity index (χ0n) is 8.48. The van der Waals surface area contributed by atoms with Crippen molar-refractivity contribution < 1.29 is 4.74 Å². The van der Waals surface area contributed by atoms with E-state index in [2.05, 4.69) is 16.0 Å². The van der Waals surface area contributed by atoms with E-state index in [0.717, 1.165) is 11.1 Å². The molecular weight excluding hydrogens is 190 g/mol. The average molecular weight is 199 g/mol. The summed E-state index contributed by atoms with van der Waals surface area (Å²) in [5, 5.41) is 8.86. The van der Waals surface area contributed by atoms with Crippen LogP contribution in [0.3, 0.4) is 0 Å². The molecule has 0 aliphatic rings. The molecule has 0 radical (unpaired) electrons. The lowest BCUT2D eigenvalue weighted by molar-refractivity contribution is 0.399. The second-order valence-corrected chi connectivity index (χ2v) is 3.13. The number of nitrogens with zero attached hydrogens (tertiary/aromatic N) is 3. The summed E-state index contributed by atoms with van der Waals surface area (Å²) >= 11 is 0. The van der Waals surface area contributed by atoms with Gasteiger partial charge in [0.05, 0.1) is 23.7 Å². The molecule has 0 amide bonds. The smallest absolute Gasteiger partial charge is 0.213 e. The summed E-state index contributed by atoms with van der Waals surface area (Å²) in [5.41, 5.74) is 2.87. The minimum absolute atomic E-state index is 0.530. The lowest BCUT2D eigenvalue weighted by Crippen LogP contribution is -1.93. The third-order valence-corrected chi connectivity index (χ3v) is 2.27. The number of aryl methyl sites for hydroxylation is 1. The van der Waals surface area contributed by atoms with Gasteiger partial charge in [0.25, 0.3) is 0 Å². The van der Waals surface area contributed by atoms with E-state index < -0.39 is 0 Å². The standard InChI is InChI=1S/C11H9N3O/c1-7-8(5-12)6-13-9-3-4-10(15-2)14-11(7)9/h3-4,6H,1-2H3. The summed E-state index contributed by atoms with van der Waals surface area (Å²) in [6, 6.07) is 5.66. The number of pyridine rings is 2. The Bertz CT molecular complexity index is 557. The fraction of sp³-hybridized carbons (Fsp3) is 0.182. The SMILES string of the molecule is COc1ccc2ncc(C#N)c(C)c2n1. The fourth-order valence-electron chi connectivity index (χ4n) is 1.40. The molecule has 74 valence electrons. The topological polar surface area (TPSA) is 58.8 Å². The predicted molar refractivity (Wildman–Crippen MR) is 55.5 cm³/mol. The van der Waals surface area contributed by atoms with Gasteiger partial charge >= 0.3 is 0 Å².